The summed E-state index contributed by atoms with van der Waals surface area (Å²) in [6.07, 6.45) is 3.39. The molecule has 1 saturated heterocycles. The lowest BCUT2D eigenvalue weighted by molar-refractivity contribution is -0.160. The minimum atomic E-state index is -0.975. The van der Waals surface area contributed by atoms with Crippen molar-refractivity contribution in [1.82, 2.24) is 9.88 Å². The largest absolute Gasteiger partial charge is 0.377 e. The highest BCUT2D eigenvalue weighted by Gasteiger charge is 2.48. The molecule has 0 N–H and O–H groups in total. The number of ether oxygens (including phenoxy) is 1. The molecule has 88 valence electrons. The molecule has 2 rings (SSSR count). The van der Waals surface area contributed by atoms with E-state index in [1.165, 1.54) is 0 Å². The summed E-state index contributed by atoms with van der Waals surface area (Å²) in [5.41, 5.74) is -0.0339. The van der Waals surface area contributed by atoms with E-state index < -0.39 is 5.41 Å². The van der Waals surface area contributed by atoms with Crippen molar-refractivity contribution in [2.75, 3.05) is 20.3 Å². The first-order valence-electron chi connectivity index (χ1n) is 5.31. The van der Waals surface area contributed by atoms with Gasteiger partial charge in [0, 0.05) is 26.0 Å². The molecule has 17 heavy (non-hydrogen) atoms. The van der Waals surface area contributed by atoms with Crippen molar-refractivity contribution in [2.45, 2.75) is 6.54 Å². The highest BCUT2D eigenvalue weighted by molar-refractivity contribution is 5.86. The van der Waals surface area contributed by atoms with Crippen LogP contribution in [-0.2, 0) is 16.1 Å². The number of rotatable bonds is 3. The minimum Gasteiger partial charge on any atom is -0.377 e. The van der Waals surface area contributed by atoms with Gasteiger partial charge in [0.25, 0.3) is 0 Å². The first-order valence-corrected chi connectivity index (χ1v) is 5.31. The van der Waals surface area contributed by atoms with Gasteiger partial charge in [-0.3, -0.25) is 9.78 Å². The lowest BCUT2D eigenvalue weighted by Crippen LogP contribution is -2.53. The number of carbonyl (C=O) groups excluding carboxylic acids is 1. The van der Waals surface area contributed by atoms with Crippen molar-refractivity contribution < 1.29 is 9.53 Å². The van der Waals surface area contributed by atoms with E-state index in [4.69, 9.17) is 10.00 Å². The number of carbonyl (C=O) groups is 1. The summed E-state index contributed by atoms with van der Waals surface area (Å²) in [5, 5.41) is 9.03. The molecule has 0 aliphatic carbocycles. The molecule has 1 amide bonds. The second-order valence-electron chi connectivity index (χ2n) is 4.21. The fraction of sp³-hybridized carbons (Fsp3) is 0.417. The highest BCUT2D eigenvalue weighted by Crippen LogP contribution is 2.29. The molecule has 0 unspecified atom stereocenters. The first kappa shape index (κ1) is 11.6. The molecule has 0 bridgehead atoms. The molecule has 0 saturated carbocycles. The molecule has 0 aromatic carbocycles. The second-order valence-corrected chi connectivity index (χ2v) is 4.21. The molecular formula is C12H13N3O2. The van der Waals surface area contributed by atoms with E-state index in [0.29, 0.717) is 6.54 Å². The quantitative estimate of drug-likeness (QED) is 0.763. The van der Waals surface area contributed by atoms with E-state index in [-0.39, 0.29) is 19.1 Å². The number of amides is 1. The standard InChI is InChI=1S/C12H13N3O2/c1-15(6-10-3-2-4-14-5-10)11(16)12(7-13)8-17-9-12/h2-5H,6,8-9H2,1H3. The van der Waals surface area contributed by atoms with Crippen LogP contribution in [-0.4, -0.2) is 36.1 Å². The van der Waals surface area contributed by atoms with Crippen molar-refractivity contribution in [1.29, 1.82) is 5.26 Å². The minimum absolute atomic E-state index is 0.185. The number of pyridine rings is 1. The van der Waals surface area contributed by atoms with Crippen LogP contribution >= 0.6 is 0 Å². The molecule has 0 spiro atoms. The summed E-state index contributed by atoms with van der Waals surface area (Å²) >= 11 is 0. The maximum atomic E-state index is 12.1. The number of hydrogen-bond donors (Lipinski definition) is 0. The summed E-state index contributed by atoms with van der Waals surface area (Å²) in [4.78, 5) is 17.6. The van der Waals surface area contributed by atoms with E-state index in [9.17, 15) is 4.79 Å². The Morgan fingerprint density at radius 3 is 2.94 bits per heavy atom. The Balaban J connectivity index is 2.04. The van der Waals surface area contributed by atoms with Crippen molar-refractivity contribution >= 4 is 5.91 Å². The molecule has 1 aromatic heterocycles. The van der Waals surface area contributed by atoms with Gasteiger partial charge < -0.3 is 9.64 Å². The van der Waals surface area contributed by atoms with E-state index in [1.807, 2.05) is 18.2 Å². The second kappa shape index (κ2) is 4.52. The van der Waals surface area contributed by atoms with Gasteiger partial charge in [-0.15, -0.1) is 0 Å². The summed E-state index contributed by atoms with van der Waals surface area (Å²) in [5.74, 6) is -0.185. The number of hydrogen-bond acceptors (Lipinski definition) is 4. The maximum absolute atomic E-state index is 12.1. The Hall–Kier alpha value is -1.93. The van der Waals surface area contributed by atoms with Crippen molar-refractivity contribution in [3.8, 4) is 6.07 Å². The van der Waals surface area contributed by atoms with Gasteiger partial charge >= 0.3 is 0 Å². The molecule has 2 heterocycles. The Kier molecular flexibility index (Phi) is 3.07. The Bertz CT molecular complexity index is 449. The molecule has 0 atom stereocenters. The molecule has 0 radical (unpaired) electrons. The van der Waals surface area contributed by atoms with Crippen LogP contribution < -0.4 is 0 Å². The topological polar surface area (TPSA) is 66.2 Å². The summed E-state index contributed by atoms with van der Waals surface area (Å²) in [7, 11) is 1.69. The Labute approximate surface area is 99.6 Å². The van der Waals surface area contributed by atoms with Gasteiger partial charge in [0.2, 0.25) is 5.91 Å². The van der Waals surface area contributed by atoms with E-state index >= 15 is 0 Å². The van der Waals surface area contributed by atoms with E-state index in [2.05, 4.69) is 4.98 Å². The van der Waals surface area contributed by atoms with Crippen LogP contribution in [0, 0.1) is 16.7 Å². The van der Waals surface area contributed by atoms with Crippen LogP contribution in [0.25, 0.3) is 0 Å². The van der Waals surface area contributed by atoms with Crippen LogP contribution in [0.1, 0.15) is 5.56 Å². The van der Waals surface area contributed by atoms with Crippen molar-refractivity contribution in [2.24, 2.45) is 5.41 Å². The molecule has 1 fully saturated rings. The van der Waals surface area contributed by atoms with Gasteiger partial charge in [-0.25, -0.2) is 0 Å². The van der Waals surface area contributed by atoms with Crippen LogP contribution in [0.2, 0.25) is 0 Å². The first-order chi connectivity index (χ1) is 8.18. The average Bonchev–Trinajstić information content (AvgIpc) is 2.29. The SMILES string of the molecule is CN(Cc1cccnc1)C(=O)C1(C#N)COC1. The molecule has 1 aliphatic rings. The predicted molar refractivity (Wildman–Crippen MR) is 59.6 cm³/mol. The lowest BCUT2D eigenvalue weighted by atomic mass is 9.86. The number of nitrogens with zero attached hydrogens (tertiary/aromatic N) is 3. The number of aromatic nitrogens is 1. The highest BCUT2D eigenvalue weighted by atomic mass is 16.5. The molecule has 1 aliphatic heterocycles. The normalized spacial score (nSPS) is 16.7. The molecule has 5 heteroatoms. The van der Waals surface area contributed by atoms with Gasteiger partial charge in [0.05, 0.1) is 19.3 Å². The van der Waals surface area contributed by atoms with Crippen LogP contribution in [0.3, 0.4) is 0 Å². The number of nitriles is 1. The van der Waals surface area contributed by atoms with Crippen LogP contribution in [0.4, 0.5) is 0 Å². The van der Waals surface area contributed by atoms with E-state index in [1.54, 1.807) is 24.3 Å². The van der Waals surface area contributed by atoms with E-state index in [0.717, 1.165) is 5.56 Å². The maximum Gasteiger partial charge on any atom is 0.247 e. The third-order valence-corrected chi connectivity index (χ3v) is 2.81. The fourth-order valence-electron chi connectivity index (χ4n) is 1.74. The van der Waals surface area contributed by atoms with Crippen molar-refractivity contribution in [3.63, 3.8) is 0 Å². The summed E-state index contributed by atoms with van der Waals surface area (Å²) in [6.45, 7) is 0.843. The zero-order valence-electron chi connectivity index (χ0n) is 9.59. The Morgan fingerprint density at radius 2 is 2.47 bits per heavy atom. The molecule has 5 nitrogen and oxygen atoms in total. The van der Waals surface area contributed by atoms with Crippen LogP contribution in [0.15, 0.2) is 24.5 Å². The smallest absolute Gasteiger partial charge is 0.247 e. The third kappa shape index (κ3) is 2.12. The third-order valence-electron chi connectivity index (χ3n) is 2.81. The Morgan fingerprint density at radius 1 is 1.71 bits per heavy atom. The monoisotopic (exact) mass is 231 g/mol. The van der Waals surface area contributed by atoms with Gasteiger partial charge in [-0.2, -0.15) is 5.26 Å². The zero-order chi connectivity index (χ0) is 12.3. The molecular weight excluding hydrogens is 218 g/mol. The summed E-state index contributed by atoms with van der Waals surface area (Å²) in [6, 6.07) is 5.77. The van der Waals surface area contributed by atoms with Crippen molar-refractivity contribution in [3.05, 3.63) is 30.1 Å². The zero-order valence-corrected chi connectivity index (χ0v) is 9.59. The van der Waals surface area contributed by atoms with Gasteiger partial charge in [-0.1, -0.05) is 6.07 Å². The average molecular weight is 231 g/mol. The van der Waals surface area contributed by atoms with Gasteiger partial charge in [0.15, 0.2) is 5.41 Å². The van der Waals surface area contributed by atoms with Gasteiger partial charge in [0.1, 0.15) is 0 Å². The predicted octanol–water partition coefficient (Wildman–Crippen LogP) is 0.580. The van der Waals surface area contributed by atoms with Gasteiger partial charge in [-0.05, 0) is 11.6 Å². The molecule has 1 aromatic rings. The lowest BCUT2D eigenvalue weighted by Gasteiger charge is -2.36. The van der Waals surface area contributed by atoms with Crippen LogP contribution in [0.5, 0.6) is 0 Å². The summed E-state index contributed by atoms with van der Waals surface area (Å²) < 4.78 is 4.97. The fourth-order valence-corrected chi connectivity index (χ4v) is 1.74.